The largest absolute Gasteiger partial charge is 0.366 e. The minimum Gasteiger partial charge on any atom is -0.366 e. The normalized spacial score (nSPS) is 11.3. The van der Waals surface area contributed by atoms with Crippen LogP contribution in [0.4, 0.5) is 0 Å². The molecule has 4 aromatic carbocycles. The highest BCUT2D eigenvalue weighted by atomic mass is 35.5. The van der Waals surface area contributed by atoms with E-state index in [1.807, 2.05) is 60.7 Å². The molecule has 2 N–H and O–H groups in total. The van der Waals surface area contributed by atoms with Gasteiger partial charge < -0.3 is 10.3 Å². The number of primary amides is 1. The average molecular weight is 445 g/mol. The fourth-order valence-electron chi connectivity index (χ4n) is 4.14. The Labute approximate surface area is 189 Å². The molecule has 5 heteroatoms. The van der Waals surface area contributed by atoms with E-state index in [0.29, 0.717) is 22.2 Å². The van der Waals surface area contributed by atoms with Crippen molar-refractivity contribution in [3.05, 3.63) is 106 Å². The van der Waals surface area contributed by atoms with E-state index in [1.165, 1.54) is 0 Å². The number of carbonyl (C=O) groups excluding carboxylic acids is 1. The summed E-state index contributed by atoms with van der Waals surface area (Å²) in [6.07, 6.45) is 0. The van der Waals surface area contributed by atoms with Gasteiger partial charge in [-0.05, 0) is 53.1 Å². The smallest absolute Gasteiger partial charge is 0.249 e. The zero-order chi connectivity index (χ0) is 21.5. The van der Waals surface area contributed by atoms with Gasteiger partial charge in [0, 0.05) is 32.9 Å². The van der Waals surface area contributed by atoms with E-state index in [9.17, 15) is 4.79 Å². The van der Waals surface area contributed by atoms with Crippen molar-refractivity contribution in [3.8, 4) is 11.1 Å². The van der Waals surface area contributed by atoms with Gasteiger partial charge in [-0.1, -0.05) is 71.7 Å². The van der Waals surface area contributed by atoms with Crippen molar-refractivity contribution in [1.82, 2.24) is 4.57 Å². The molecule has 1 amide bonds. The van der Waals surface area contributed by atoms with Crippen LogP contribution in [0.5, 0.6) is 0 Å². The third-order valence-corrected chi connectivity index (χ3v) is 6.24. The van der Waals surface area contributed by atoms with Gasteiger partial charge in [0.1, 0.15) is 0 Å². The number of halogens is 2. The van der Waals surface area contributed by atoms with Crippen LogP contribution in [0.1, 0.15) is 15.9 Å². The Kier molecular flexibility index (Phi) is 4.93. The predicted octanol–water partition coefficient (Wildman–Crippen LogP) is 6.92. The molecule has 0 saturated heterocycles. The van der Waals surface area contributed by atoms with E-state index in [-0.39, 0.29) is 0 Å². The summed E-state index contributed by atoms with van der Waals surface area (Å²) < 4.78 is 2.19. The van der Waals surface area contributed by atoms with Crippen LogP contribution < -0.4 is 5.73 Å². The molecule has 0 radical (unpaired) electrons. The van der Waals surface area contributed by atoms with Gasteiger partial charge in [-0.15, -0.1) is 0 Å². The van der Waals surface area contributed by atoms with Crippen LogP contribution in [0, 0.1) is 0 Å². The number of benzene rings is 4. The first kappa shape index (κ1) is 19.7. The van der Waals surface area contributed by atoms with Gasteiger partial charge in [0.05, 0.1) is 11.0 Å². The summed E-state index contributed by atoms with van der Waals surface area (Å²) in [5.74, 6) is -0.441. The lowest BCUT2D eigenvalue weighted by atomic mass is 10.0. The first-order chi connectivity index (χ1) is 15.0. The van der Waals surface area contributed by atoms with E-state index in [4.69, 9.17) is 28.9 Å². The summed E-state index contributed by atoms with van der Waals surface area (Å²) in [5, 5.41) is 3.25. The highest BCUT2D eigenvalue weighted by molar-refractivity contribution is 6.31. The van der Waals surface area contributed by atoms with E-state index in [2.05, 4.69) is 22.8 Å². The van der Waals surface area contributed by atoms with Gasteiger partial charge in [0.15, 0.2) is 0 Å². The monoisotopic (exact) mass is 444 g/mol. The number of fused-ring (bicyclic) bond motifs is 3. The number of nitrogens with two attached hydrogens (primary N) is 1. The second kappa shape index (κ2) is 7.77. The Morgan fingerprint density at radius 3 is 2.29 bits per heavy atom. The van der Waals surface area contributed by atoms with E-state index in [1.54, 1.807) is 6.07 Å². The maximum atomic E-state index is 12.2. The maximum Gasteiger partial charge on any atom is 0.249 e. The van der Waals surface area contributed by atoms with Crippen LogP contribution in [0.15, 0.2) is 84.9 Å². The molecule has 0 spiro atoms. The Morgan fingerprint density at radius 1 is 0.806 bits per heavy atom. The highest BCUT2D eigenvalue weighted by Gasteiger charge is 2.17. The second-order valence-electron chi connectivity index (χ2n) is 7.48. The van der Waals surface area contributed by atoms with Crippen molar-refractivity contribution >= 4 is 50.9 Å². The molecule has 0 bridgehead atoms. The number of rotatable bonds is 4. The number of nitrogens with zero attached hydrogens (tertiary/aromatic N) is 1. The minimum atomic E-state index is -0.441. The van der Waals surface area contributed by atoms with Crippen LogP contribution in [0.25, 0.3) is 32.9 Å². The number of hydrogen-bond acceptors (Lipinski definition) is 1. The Morgan fingerprint density at radius 2 is 1.55 bits per heavy atom. The number of carbonyl (C=O) groups is 1. The number of amides is 1. The summed E-state index contributed by atoms with van der Waals surface area (Å²) in [6, 6.07) is 27.5. The molecule has 31 heavy (non-hydrogen) atoms. The van der Waals surface area contributed by atoms with Crippen molar-refractivity contribution < 1.29 is 4.79 Å². The van der Waals surface area contributed by atoms with E-state index < -0.39 is 5.91 Å². The summed E-state index contributed by atoms with van der Waals surface area (Å²) in [6.45, 7) is 0.575. The molecule has 0 fully saturated rings. The zero-order valence-corrected chi connectivity index (χ0v) is 18.0. The second-order valence-corrected chi connectivity index (χ2v) is 8.32. The Bertz CT molecular complexity index is 1450. The van der Waals surface area contributed by atoms with Gasteiger partial charge in [-0.2, -0.15) is 0 Å². The molecule has 3 nitrogen and oxygen atoms in total. The summed E-state index contributed by atoms with van der Waals surface area (Å²) in [5.41, 5.74) is 11.3. The molecule has 1 heterocycles. The molecular weight excluding hydrogens is 427 g/mol. The molecule has 1 aromatic heterocycles. The molecule has 0 aliphatic heterocycles. The van der Waals surface area contributed by atoms with Gasteiger partial charge >= 0.3 is 0 Å². The average Bonchev–Trinajstić information content (AvgIpc) is 3.09. The SMILES string of the molecule is NC(=O)c1cccc2c1c1ccc(-c3ccc(Cl)cc3)cc1n2Cc1ccccc1Cl. The lowest BCUT2D eigenvalue weighted by Gasteiger charge is -2.10. The molecule has 0 saturated carbocycles. The Balaban J connectivity index is 1.81. The lowest BCUT2D eigenvalue weighted by molar-refractivity contribution is 0.100. The van der Waals surface area contributed by atoms with Gasteiger partial charge in [-0.25, -0.2) is 0 Å². The van der Waals surface area contributed by atoms with Gasteiger partial charge in [0.2, 0.25) is 5.91 Å². The first-order valence-corrected chi connectivity index (χ1v) is 10.6. The van der Waals surface area contributed by atoms with Crippen LogP contribution in [0.3, 0.4) is 0 Å². The first-order valence-electron chi connectivity index (χ1n) is 9.87. The molecular formula is C26H18Cl2N2O. The minimum absolute atomic E-state index is 0.441. The standard InChI is InChI=1S/C26H18Cl2N2O/c27-19-11-8-16(9-12-19)17-10-13-20-24(14-17)30(15-18-4-1-2-6-22(18)28)23-7-3-5-21(25(20)23)26(29)31/h1-14H,15H2,(H2,29,31). The highest BCUT2D eigenvalue weighted by Crippen LogP contribution is 2.35. The molecule has 0 unspecified atom stereocenters. The van der Waals surface area contributed by atoms with Crippen molar-refractivity contribution in [2.24, 2.45) is 5.73 Å². The summed E-state index contributed by atoms with van der Waals surface area (Å²) in [7, 11) is 0. The topological polar surface area (TPSA) is 48.0 Å². The molecule has 0 aliphatic rings. The third kappa shape index (κ3) is 3.46. The van der Waals surface area contributed by atoms with Gasteiger partial charge in [-0.3, -0.25) is 4.79 Å². The molecule has 0 atom stereocenters. The van der Waals surface area contributed by atoms with Crippen molar-refractivity contribution in [2.45, 2.75) is 6.54 Å². The lowest BCUT2D eigenvalue weighted by Crippen LogP contribution is -2.11. The van der Waals surface area contributed by atoms with Crippen LogP contribution in [-0.4, -0.2) is 10.5 Å². The van der Waals surface area contributed by atoms with E-state index >= 15 is 0 Å². The third-order valence-electron chi connectivity index (χ3n) is 5.62. The Hall–Kier alpha value is -3.27. The van der Waals surface area contributed by atoms with Crippen LogP contribution in [0.2, 0.25) is 10.0 Å². The summed E-state index contributed by atoms with van der Waals surface area (Å²) >= 11 is 12.5. The van der Waals surface area contributed by atoms with Crippen molar-refractivity contribution in [3.63, 3.8) is 0 Å². The fourth-order valence-corrected chi connectivity index (χ4v) is 4.46. The maximum absolute atomic E-state index is 12.2. The van der Waals surface area contributed by atoms with E-state index in [0.717, 1.165) is 38.5 Å². The van der Waals surface area contributed by atoms with Crippen LogP contribution >= 0.6 is 23.2 Å². The van der Waals surface area contributed by atoms with Crippen LogP contribution in [-0.2, 0) is 6.54 Å². The summed E-state index contributed by atoms with van der Waals surface area (Å²) in [4.78, 5) is 12.2. The fraction of sp³-hybridized carbons (Fsp3) is 0.0385. The molecule has 5 aromatic rings. The quantitative estimate of drug-likeness (QED) is 0.321. The molecule has 152 valence electrons. The molecule has 5 rings (SSSR count). The van der Waals surface area contributed by atoms with Gasteiger partial charge in [0.25, 0.3) is 0 Å². The van der Waals surface area contributed by atoms with Crippen molar-refractivity contribution in [1.29, 1.82) is 0 Å². The predicted molar refractivity (Wildman–Crippen MR) is 129 cm³/mol. The number of aromatic nitrogens is 1. The molecule has 0 aliphatic carbocycles. The number of hydrogen-bond donors (Lipinski definition) is 1. The van der Waals surface area contributed by atoms with Crippen molar-refractivity contribution in [2.75, 3.05) is 0 Å². The zero-order valence-electron chi connectivity index (χ0n) is 16.5.